The molecule has 7 heavy (non-hydrogen) atoms. The first-order valence-corrected chi connectivity index (χ1v) is 9.56. The summed E-state index contributed by atoms with van der Waals surface area (Å²) in [5.41, 5.74) is 0. The summed E-state index contributed by atoms with van der Waals surface area (Å²) in [7, 11) is 14.9. The molecule has 0 bridgehead atoms. The Labute approximate surface area is 59.8 Å². The average molecular weight is 220 g/mol. The zero-order chi connectivity index (χ0) is 6.28. The number of halogens is 3. The molecular weight excluding hydrogens is 217 g/mol. The topological polar surface area (TPSA) is 23.8 Å². The maximum absolute atomic E-state index is 7.32. The van der Waals surface area contributed by atoms with Crippen LogP contribution in [0, 0.1) is 11.3 Å². The van der Waals surface area contributed by atoms with Gasteiger partial charge in [0.1, 0.15) is 0 Å². The summed E-state index contributed by atoms with van der Waals surface area (Å²) in [6.07, 6.45) is 0. The Hall–Kier alpha value is 0.903. The molecule has 0 saturated heterocycles. The summed E-state index contributed by atoms with van der Waals surface area (Å²) < 4.78 is 0. The van der Waals surface area contributed by atoms with Crippen molar-refractivity contribution >= 4 is 41.6 Å². The van der Waals surface area contributed by atoms with Gasteiger partial charge in [-0.1, -0.05) is 0 Å². The second-order valence-corrected chi connectivity index (χ2v) is 10.2. The van der Waals surface area contributed by atoms with E-state index in [4.69, 9.17) is 35.3 Å². The summed E-state index contributed by atoms with van der Waals surface area (Å²) in [5, 5.41) is 7.32. The molecule has 0 aromatic rings. The second kappa shape index (κ2) is 10.0. The third-order valence-corrected chi connectivity index (χ3v) is 0. The van der Waals surface area contributed by atoms with Crippen LogP contribution >= 0.6 is 30.0 Å². The molecule has 0 amide bonds. The summed E-state index contributed by atoms with van der Waals surface area (Å²) in [6, 6.07) is 1.75. The van der Waals surface area contributed by atoms with Gasteiger partial charge in [0.15, 0.2) is 0 Å². The van der Waals surface area contributed by atoms with Gasteiger partial charge in [0.25, 0.3) is 0 Å². The van der Waals surface area contributed by atoms with Gasteiger partial charge in [0.05, 0.1) is 6.07 Å². The van der Waals surface area contributed by atoms with Crippen molar-refractivity contribution in [2.45, 2.75) is 6.92 Å². The fraction of sp³-hybridized carbons (Fsp3) is 0.500. The van der Waals surface area contributed by atoms with Crippen molar-refractivity contribution in [2.75, 3.05) is 0 Å². The maximum atomic E-state index is 7.32. The number of nitrogens with zero attached hydrogens (tertiary/aromatic N) is 1. The van der Waals surface area contributed by atoms with E-state index >= 15 is 0 Å². The average Bonchev–Trinajstić information content (AvgIpc) is 1.33. The zero-order valence-electron chi connectivity index (χ0n) is 3.58. The fourth-order valence-corrected chi connectivity index (χ4v) is 0. The van der Waals surface area contributed by atoms with Gasteiger partial charge in [-0.2, -0.15) is 5.26 Å². The molecule has 0 spiro atoms. The van der Waals surface area contributed by atoms with Gasteiger partial charge in [-0.05, 0) is 0 Å². The fourth-order valence-electron chi connectivity index (χ4n) is 0. The molecule has 0 aliphatic carbocycles. The van der Waals surface area contributed by atoms with Crippen LogP contribution < -0.4 is 0 Å². The standard InChI is InChI=1S/C2H3N.Cl3Ge/c1-2-3;1-4(2)3/h1H3;. The van der Waals surface area contributed by atoms with E-state index in [0.29, 0.717) is 0 Å². The molecule has 0 unspecified atom stereocenters. The van der Waals surface area contributed by atoms with E-state index in [1.807, 2.05) is 0 Å². The Morgan fingerprint density at radius 3 is 1.43 bits per heavy atom. The molecule has 0 fully saturated rings. The number of hydrogen-bond acceptors (Lipinski definition) is 1. The molecule has 5 heteroatoms. The Balaban J connectivity index is 0. The van der Waals surface area contributed by atoms with E-state index in [1.54, 1.807) is 6.07 Å². The van der Waals surface area contributed by atoms with Gasteiger partial charge in [0, 0.05) is 6.92 Å². The minimum atomic E-state index is -1.92. The SMILES string of the molecule is CC#N.[Cl][Ge]([Cl])[Cl]. The van der Waals surface area contributed by atoms with Crippen LogP contribution in [-0.4, -0.2) is 11.6 Å². The quantitative estimate of drug-likeness (QED) is 0.574. The summed E-state index contributed by atoms with van der Waals surface area (Å²) in [5.74, 6) is 0. The predicted molar refractivity (Wildman–Crippen MR) is 34.6 cm³/mol. The van der Waals surface area contributed by atoms with Crippen LogP contribution in [0.4, 0.5) is 0 Å². The van der Waals surface area contributed by atoms with Gasteiger partial charge in [0.2, 0.25) is 0 Å². The molecule has 0 aliphatic rings. The van der Waals surface area contributed by atoms with Crippen molar-refractivity contribution in [2.24, 2.45) is 0 Å². The second-order valence-electron chi connectivity index (χ2n) is 0.438. The predicted octanol–water partition coefficient (Wildman–Crippen LogP) is 2.22. The van der Waals surface area contributed by atoms with Crippen molar-refractivity contribution in [3.63, 3.8) is 0 Å². The molecule has 0 saturated carbocycles. The van der Waals surface area contributed by atoms with E-state index in [2.05, 4.69) is 0 Å². The van der Waals surface area contributed by atoms with Crippen molar-refractivity contribution in [1.82, 2.24) is 0 Å². The first-order valence-electron chi connectivity index (χ1n) is 1.29. The van der Waals surface area contributed by atoms with Gasteiger partial charge >= 0.3 is 41.6 Å². The first-order chi connectivity index (χ1) is 3.15. The van der Waals surface area contributed by atoms with Crippen LogP contribution in [-0.2, 0) is 0 Å². The molecule has 0 atom stereocenters. The summed E-state index contributed by atoms with van der Waals surface area (Å²) >= 11 is -1.92. The van der Waals surface area contributed by atoms with Crippen molar-refractivity contribution < 1.29 is 0 Å². The minimum absolute atomic E-state index is 1.43. The van der Waals surface area contributed by atoms with Gasteiger partial charge < -0.3 is 0 Å². The Morgan fingerprint density at radius 2 is 1.43 bits per heavy atom. The van der Waals surface area contributed by atoms with Crippen LogP contribution in [0.25, 0.3) is 0 Å². The van der Waals surface area contributed by atoms with E-state index in [1.165, 1.54) is 6.92 Å². The number of nitriles is 1. The molecular formula is C2H3Cl3GeN. The van der Waals surface area contributed by atoms with Crippen molar-refractivity contribution in [3.05, 3.63) is 0 Å². The van der Waals surface area contributed by atoms with Crippen LogP contribution in [0.15, 0.2) is 0 Å². The molecule has 0 rings (SSSR count). The summed E-state index contributed by atoms with van der Waals surface area (Å²) in [4.78, 5) is 0. The van der Waals surface area contributed by atoms with E-state index < -0.39 is 11.6 Å². The molecule has 0 heterocycles. The third-order valence-electron chi connectivity index (χ3n) is 0. The third kappa shape index (κ3) is 204. The Bertz CT molecular complexity index is 55.7. The van der Waals surface area contributed by atoms with Gasteiger partial charge in [-0.25, -0.2) is 0 Å². The van der Waals surface area contributed by atoms with Crippen LogP contribution in [0.3, 0.4) is 0 Å². The van der Waals surface area contributed by atoms with Crippen LogP contribution in [0.5, 0.6) is 0 Å². The van der Waals surface area contributed by atoms with E-state index in [9.17, 15) is 0 Å². The number of rotatable bonds is 0. The molecule has 0 aromatic heterocycles. The molecule has 41 valence electrons. The molecule has 1 nitrogen and oxygen atoms in total. The molecule has 0 aromatic carbocycles. The van der Waals surface area contributed by atoms with E-state index in [-0.39, 0.29) is 0 Å². The number of hydrogen-bond donors (Lipinski definition) is 0. The molecule has 0 aliphatic heterocycles. The Kier molecular flexibility index (Phi) is 15.4. The molecule has 1 radical (unpaired) electrons. The Morgan fingerprint density at radius 1 is 1.43 bits per heavy atom. The summed E-state index contributed by atoms with van der Waals surface area (Å²) in [6.45, 7) is 1.43. The van der Waals surface area contributed by atoms with Crippen LogP contribution in [0.1, 0.15) is 6.92 Å². The van der Waals surface area contributed by atoms with E-state index in [0.717, 1.165) is 0 Å². The monoisotopic (exact) mass is 220 g/mol. The zero-order valence-corrected chi connectivity index (χ0v) is 7.95. The van der Waals surface area contributed by atoms with Gasteiger partial charge in [-0.15, -0.1) is 0 Å². The molecule has 0 N–H and O–H groups in total. The van der Waals surface area contributed by atoms with Crippen LogP contribution in [0.2, 0.25) is 0 Å². The normalized spacial score (nSPS) is 6.29. The van der Waals surface area contributed by atoms with Gasteiger partial charge in [-0.3, -0.25) is 0 Å². The van der Waals surface area contributed by atoms with Crippen molar-refractivity contribution in [3.8, 4) is 6.07 Å². The van der Waals surface area contributed by atoms with Crippen molar-refractivity contribution in [1.29, 1.82) is 5.26 Å². The first kappa shape index (κ1) is 10.8.